The molecule has 1 saturated heterocycles. The summed E-state index contributed by atoms with van der Waals surface area (Å²) in [5, 5.41) is 4.69. The predicted molar refractivity (Wildman–Crippen MR) is 76.9 cm³/mol. The molecule has 2 unspecified atom stereocenters. The molecule has 0 spiro atoms. The van der Waals surface area contributed by atoms with E-state index in [0.29, 0.717) is 6.04 Å². The summed E-state index contributed by atoms with van der Waals surface area (Å²) < 4.78 is 6.58. The van der Waals surface area contributed by atoms with E-state index in [0.717, 1.165) is 34.1 Å². The van der Waals surface area contributed by atoms with Crippen LogP contribution in [-0.4, -0.2) is 23.7 Å². The molecule has 1 fully saturated rings. The molecule has 0 radical (unpaired) electrons. The van der Waals surface area contributed by atoms with E-state index >= 15 is 0 Å². The highest BCUT2D eigenvalue weighted by molar-refractivity contribution is 9.10. The van der Waals surface area contributed by atoms with Crippen molar-refractivity contribution in [1.82, 2.24) is 4.98 Å². The van der Waals surface area contributed by atoms with Gasteiger partial charge in [-0.2, -0.15) is 0 Å². The maximum Gasteiger partial charge on any atom is 0.0934 e. The number of benzene rings is 1. The number of nitrogens with zero attached hydrogens (tertiary/aromatic N) is 1. The monoisotopic (exact) mass is 306 g/mol. The van der Waals surface area contributed by atoms with E-state index in [1.165, 1.54) is 0 Å². The first-order chi connectivity index (χ1) is 8.74. The molecule has 1 aromatic heterocycles. The fourth-order valence-corrected chi connectivity index (χ4v) is 2.72. The molecule has 1 aromatic carbocycles. The molecule has 2 heterocycles. The summed E-state index contributed by atoms with van der Waals surface area (Å²) in [6.07, 6.45) is 3.15. The van der Waals surface area contributed by atoms with Gasteiger partial charge in [-0.1, -0.05) is 12.1 Å². The highest BCUT2D eigenvalue weighted by Crippen LogP contribution is 2.26. The first-order valence-corrected chi connectivity index (χ1v) is 6.96. The molecule has 3 rings (SSSR count). The average Bonchev–Trinajstić information content (AvgIpc) is 2.75. The van der Waals surface area contributed by atoms with Crippen LogP contribution in [0.15, 0.2) is 34.9 Å². The molecule has 2 aromatic rings. The first kappa shape index (κ1) is 11.9. The average molecular weight is 307 g/mol. The van der Waals surface area contributed by atoms with Gasteiger partial charge in [0.1, 0.15) is 0 Å². The van der Waals surface area contributed by atoms with Gasteiger partial charge >= 0.3 is 0 Å². The molecule has 0 amide bonds. The number of nitrogens with one attached hydrogen (secondary N) is 1. The Kier molecular flexibility index (Phi) is 3.22. The van der Waals surface area contributed by atoms with Crippen LogP contribution >= 0.6 is 15.9 Å². The van der Waals surface area contributed by atoms with Crippen LogP contribution in [0.2, 0.25) is 0 Å². The Morgan fingerprint density at radius 3 is 3.11 bits per heavy atom. The van der Waals surface area contributed by atoms with Gasteiger partial charge < -0.3 is 10.1 Å². The van der Waals surface area contributed by atoms with Gasteiger partial charge in [0.05, 0.1) is 23.3 Å². The van der Waals surface area contributed by atoms with Crippen molar-refractivity contribution in [2.24, 2.45) is 0 Å². The number of hydrogen-bond donors (Lipinski definition) is 1. The van der Waals surface area contributed by atoms with Crippen LogP contribution in [-0.2, 0) is 4.74 Å². The number of anilines is 1. The smallest absolute Gasteiger partial charge is 0.0934 e. The van der Waals surface area contributed by atoms with E-state index in [-0.39, 0.29) is 6.10 Å². The minimum absolute atomic E-state index is 0.260. The molecule has 18 heavy (non-hydrogen) atoms. The highest BCUT2D eigenvalue weighted by Gasteiger charge is 2.24. The Bertz CT molecular complexity index is 573. The van der Waals surface area contributed by atoms with Crippen molar-refractivity contribution in [3.05, 3.63) is 34.9 Å². The van der Waals surface area contributed by atoms with E-state index < -0.39 is 0 Å². The summed E-state index contributed by atoms with van der Waals surface area (Å²) in [5.41, 5.74) is 2.10. The van der Waals surface area contributed by atoms with Crippen molar-refractivity contribution in [2.45, 2.75) is 25.5 Å². The molecule has 4 heteroatoms. The van der Waals surface area contributed by atoms with Crippen LogP contribution in [0.3, 0.4) is 0 Å². The van der Waals surface area contributed by atoms with E-state index in [9.17, 15) is 0 Å². The summed E-state index contributed by atoms with van der Waals surface area (Å²) in [6.45, 7) is 2.95. The zero-order valence-corrected chi connectivity index (χ0v) is 11.8. The van der Waals surface area contributed by atoms with E-state index in [2.05, 4.69) is 57.4 Å². The van der Waals surface area contributed by atoms with Gasteiger partial charge in [0.25, 0.3) is 0 Å². The number of para-hydroxylation sites is 1. The van der Waals surface area contributed by atoms with E-state index in [4.69, 9.17) is 4.74 Å². The number of rotatable bonds is 2. The lowest BCUT2D eigenvalue weighted by molar-refractivity contribution is 0.121. The lowest BCUT2D eigenvalue weighted by atomic mass is 10.1. The van der Waals surface area contributed by atoms with Gasteiger partial charge in [-0.25, -0.2) is 0 Å². The fraction of sp³-hybridized carbons (Fsp3) is 0.357. The van der Waals surface area contributed by atoms with E-state index in [1.54, 1.807) is 0 Å². The second-order valence-corrected chi connectivity index (χ2v) is 5.56. The molecule has 3 nitrogen and oxygen atoms in total. The van der Waals surface area contributed by atoms with Crippen molar-refractivity contribution in [1.29, 1.82) is 0 Å². The second-order valence-electron chi connectivity index (χ2n) is 4.65. The Hall–Kier alpha value is -1.13. The van der Waals surface area contributed by atoms with Crippen molar-refractivity contribution < 1.29 is 4.74 Å². The Morgan fingerprint density at radius 1 is 1.44 bits per heavy atom. The minimum atomic E-state index is 0.260. The van der Waals surface area contributed by atoms with Gasteiger partial charge in [-0.3, -0.25) is 4.98 Å². The maximum atomic E-state index is 5.58. The molecule has 1 aliphatic heterocycles. The molecule has 0 saturated carbocycles. The standard InChI is InChI=1S/C14H15BrN2O/c1-9-12(5-6-18-9)17-13-4-2-3-10-7-11(15)8-16-14(10)13/h2-4,7-9,12,17H,5-6H2,1H3. The Balaban J connectivity index is 1.96. The lowest BCUT2D eigenvalue weighted by Gasteiger charge is -2.18. The molecule has 1 N–H and O–H groups in total. The number of hydrogen-bond acceptors (Lipinski definition) is 3. The summed E-state index contributed by atoms with van der Waals surface area (Å²) >= 11 is 3.45. The van der Waals surface area contributed by atoms with Crippen LogP contribution < -0.4 is 5.32 Å². The summed E-state index contributed by atoms with van der Waals surface area (Å²) in [7, 11) is 0. The number of ether oxygens (including phenoxy) is 1. The Morgan fingerprint density at radius 2 is 2.33 bits per heavy atom. The fourth-order valence-electron chi connectivity index (χ4n) is 2.37. The lowest BCUT2D eigenvalue weighted by Crippen LogP contribution is -2.26. The molecular weight excluding hydrogens is 292 g/mol. The van der Waals surface area contributed by atoms with Crippen LogP contribution in [0.25, 0.3) is 10.9 Å². The molecule has 2 atom stereocenters. The number of halogens is 1. The molecular formula is C14H15BrN2O. The van der Waals surface area contributed by atoms with Crippen molar-refractivity contribution in [2.75, 3.05) is 11.9 Å². The minimum Gasteiger partial charge on any atom is -0.378 e. The largest absolute Gasteiger partial charge is 0.378 e. The van der Waals surface area contributed by atoms with Crippen LogP contribution in [0.4, 0.5) is 5.69 Å². The molecule has 94 valence electrons. The zero-order chi connectivity index (χ0) is 12.5. The third-order valence-electron chi connectivity index (χ3n) is 3.39. The highest BCUT2D eigenvalue weighted by atomic mass is 79.9. The second kappa shape index (κ2) is 4.86. The van der Waals surface area contributed by atoms with E-state index in [1.807, 2.05) is 6.20 Å². The quantitative estimate of drug-likeness (QED) is 0.920. The summed E-state index contributed by atoms with van der Waals surface area (Å²) in [5.74, 6) is 0. The predicted octanol–water partition coefficient (Wildman–Crippen LogP) is 3.59. The summed E-state index contributed by atoms with van der Waals surface area (Å²) in [4.78, 5) is 4.50. The molecule has 1 aliphatic rings. The van der Waals surface area contributed by atoms with Gasteiger partial charge in [-0.05, 0) is 41.4 Å². The number of aromatic nitrogens is 1. The molecule has 0 bridgehead atoms. The van der Waals surface area contributed by atoms with Crippen LogP contribution in [0.5, 0.6) is 0 Å². The number of fused-ring (bicyclic) bond motifs is 1. The third kappa shape index (κ3) is 2.22. The topological polar surface area (TPSA) is 34.1 Å². The van der Waals surface area contributed by atoms with Gasteiger partial charge in [0, 0.05) is 22.7 Å². The third-order valence-corrected chi connectivity index (χ3v) is 3.83. The van der Waals surface area contributed by atoms with Crippen molar-refractivity contribution in [3.63, 3.8) is 0 Å². The number of pyridine rings is 1. The normalized spacial score (nSPS) is 23.4. The van der Waals surface area contributed by atoms with Crippen LogP contribution in [0.1, 0.15) is 13.3 Å². The summed E-state index contributed by atoms with van der Waals surface area (Å²) in [6, 6.07) is 8.67. The van der Waals surface area contributed by atoms with Crippen molar-refractivity contribution >= 4 is 32.5 Å². The SMILES string of the molecule is CC1OCCC1Nc1cccc2cc(Br)cnc12. The first-order valence-electron chi connectivity index (χ1n) is 6.16. The van der Waals surface area contributed by atoms with Crippen molar-refractivity contribution in [3.8, 4) is 0 Å². The van der Waals surface area contributed by atoms with Gasteiger partial charge in [-0.15, -0.1) is 0 Å². The zero-order valence-electron chi connectivity index (χ0n) is 10.2. The van der Waals surface area contributed by atoms with Crippen LogP contribution in [0, 0.1) is 0 Å². The Labute approximate surface area is 115 Å². The van der Waals surface area contributed by atoms with Gasteiger partial charge in [0.2, 0.25) is 0 Å². The molecule has 0 aliphatic carbocycles. The van der Waals surface area contributed by atoms with Gasteiger partial charge in [0.15, 0.2) is 0 Å². The maximum absolute atomic E-state index is 5.58.